The predicted octanol–water partition coefficient (Wildman–Crippen LogP) is 1.54. The van der Waals surface area contributed by atoms with E-state index in [1.165, 1.54) is 6.07 Å². The number of hydrogen-bond donors (Lipinski definition) is 2. The van der Waals surface area contributed by atoms with Crippen molar-refractivity contribution in [2.45, 2.75) is 33.0 Å². The van der Waals surface area contributed by atoms with Crippen LogP contribution in [0, 0.1) is 0 Å². The molecule has 0 saturated carbocycles. The summed E-state index contributed by atoms with van der Waals surface area (Å²) in [5.74, 6) is 0.128. The maximum absolute atomic E-state index is 12.0. The fourth-order valence-corrected chi connectivity index (χ4v) is 3.33. The number of aromatic amines is 1. The van der Waals surface area contributed by atoms with Crippen molar-refractivity contribution in [2.24, 2.45) is 0 Å². The zero-order valence-electron chi connectivity index (χ0n) is 13.8. The first-order valence-electron chi connectivity index (χ1n) is 8.19. The molecule has 0 saturated heterocycles. The minimum Gasteiger partial charge on any atom is -0.423 e. The maximum atomic E-state index is 12.0. The number of fused-ring (bicyclic) bond motifs is 2. The van der Waals surface area contributed by atoms with Gasteiger partial charge in [0.05, 0.1) is 11.3 Å². The van der Waals surface area contributed by atoms with Crippen molar-refractivity contribution in [1.29, 1.82) is 0 Å². The molecule has 0 spiro atoms. The Labute approximate surface area is 143 Å². The predicted molar refractivity (Wildman–Crippen MR) is 94.1 cm³/mol. The van der Waals surface area contributed by atoms with Crippen LogP contribution in [-0.4, -0.2) is 14.9 Å². The fourth-order valence-electron chi connectivity index (χ4n) is 3.33. The number of anilines is 1. The van der Waals surface area contributed by atoms with Crippen molar-refractivity contribution in [2.75, 3.05) is 5.73 Å². The number of benzene rings is 1. The van der Waals surface area contributed by atoms with Gasteiger partial charge in [-0.2, -0.15) is 0 Å². The second-order valence-electron chi connectivity index (χ2n) is 6.30. The molecule has 25 heavy (non-hydrogen) atoms. The van der Waals surface area contributed by atoms with Crippen LogP contribution in [0.1, 0.15) is 29.3 Å². The van der Waals surface area contributed by atoms with Crippen molar-refractivity contribution in [3.05, 3.63) is 67.4 Å². The van der Waals surface area contributed by atoms with E-state index in [1.807, 2.05) is 18.2 Å². The molecule has 2 aromatic heterocycles. The largest absolute Gasteiger partial charge is 0.423 e. The van der Waals surface area contributed by atoms with E-state index in [4.69, 9.17) is 10.2 Å². The van der Waals surface area contributed by atoms with E-state index in [2.05, 4.69) is 21.8 Å². The lowest BCUT2D eigenvalue weighted by molar-refractivity contribution is 0.274. The molecule has 1 aliphatic heterocycles. The quantitative estimate of drug-likeness (QED) is 0.702. The van der Waals surface area contributed by atoms with Gasteiger partial charge in [-0.15, -0.1) is 0 Å². The average Bonchev–Trinajstić information content (AvgIpc) is 2.96. The van der Waals surface area contributed by atoms with E-state index in [0.29, 0.717) is 36.5 Å². The van der Waals surface area contributed by atoms with Crippen LogP contribution in [0.5, 0.6) is 0 Å². The molecule has 0 atom stereocenters. The van der Waals surface area contributed by atoms with Gasteiger partial charge in [0, 0.05) is 31.1 Å². The third kappa shape index (κ3) is 2.83. The van der Waals surface area contributed by atoms with Crippen LogP contribution in [0.15, 0.2) is 38.3 Å². The average molecular weight is 338 g/mol. The highest BCUT2D eigenvalue weighted by atomic mass is 16.4. The summed E-state index contributed by atoms with van der Waals surface area (Å²) < 4.78 is 5.35. The zero-order chi connectivity index (χ0) is 17.6. The minimum atomic E-state index is -0.368. The number of hydrogen-bond acceptors (Lipinski definition) is 6. The molecule has 4 rings (SSSR count). The van der Waals surface area contributed by atoms with E-state index < -0.39 is 0 Å². The summed E-state index contributed by atoms with van der Waals surface area (Å²) in [7, 11) is 0. The second kappa shape index (κ2) is 5.86. The van der Waals surface area contributed by atoms with Gasteiger partial charge in [0.2, 0.25) is 5.95 Å². The van der Waals surface area contributed by atoms with Gasteiger partial charge >= 0.3 is 5.63 Å². The van der Waals surface area contributed by atoms with Crippen molar-refractivity contribution in [3.63, 3.8) is 0 Å². The highest BCUT2D eigenvalue weighted by Crippen LogP contribution is 2.24. The lowest BCUT2D eigenvalue weighted by Gasteiger charge is -2.15. The Hall–Kier alpha value is -2.93. The molecule has 0 unspecified atom stereocenters. The van der Waals surface area contributed by atoms with Crippen LogP contribution in [0.3, 0.4) is 0 Å². The lowest BCUT2D eigenvalue weighted by atomic mass is 10.1. The molecule has 0 radical (unpaired) electrons. The number of rotatable bonds is 3. The lowest BCUT2D eigenvalue weighted by Crippen LogP contribution is -2.19. The van der Waals surface area contributed by atoms with Gasteiger partial charge < -0.3 is 10.2 Å². The summed E-state index contributed by atoms with van der Waals surface area (Å²) in [6.45, 7) is 3.59. The van der Waals surface area contributed by atoms with E-state index in [0.717, 1.165) is 22.9 Å². The van der Waals surface area contributed by atoms with Gasteiger partial charge in [-0.3, -0.25) is 14.7 Å². The van der Waals surface area contributed by atoms with Crippen LogP contribution in [0.25, 0.3) is 11.0 Å². The van der Waals surface area contributed by atoms with Crippen LogP contribution in [0.2, 0.25) is 0 Å². The number of aromatic nitrogens is 2. The summed E-state index contributed by atoms with van der Waals surface area (Å²) in [5.41, 5.74) is 8.97. The molecule has 0 aliphatic carbocycles. The van der Waals surface area contributed by atoms with Crippen LogP contribution >= 0.6 is 0 Å². The number of aryl methyl sites for hydroxylation is 1. The smallest absolute Gasteiger partial charge is 0.336 e. The highest BCUT2D eigenvalue weighted by molar-refractivity contribution is 5.80. The van der Waals surface area contributed by atoms with E-state index in [9.17, 15) is 9.59 Å². The van der Waals surface area contributed by atoms with E-state index in [1.54, 1.807) is 0 Å². The Morgan fingerprint density at radius 2 is 2.12 bits per heavy atom. The number of nitrogen functional groups attached to an aromatic ring is 1. The molecule has 0 amide bonds. The van der Waals surface area contributed by atoms with Gasteiger partial charge in [-0.1, -0.05) is 19.1 Å². The summed E-state index contributed by atoms with van der Waals surface area (Å²) in [5, 5.41) is 0.911. The molecule has 1 aliphatic rings. The van der Waals surface area contributed by atoms with Gasteiger partial charge in [0.15, 0.2) is 0 Å². The molecule has 3 aromatic rings. The number of nitrogens with zero attached hydrogens (tertiary/aromatic N) is 2. The van der Waals surface area contributed by atoms with Gasteiger partial charge in [0.25, 0.3) is 5.56 Å². The first kappa shape index (κ1) is 15.6. The van der Waals surface area contributed by atoms with Crippen LogP contribution in [-0.2, 0) is 26.1 Å². The third-order valence-electron chi connectivity index (χ3n) is 4.57. The van der Waals surface area contributed by atoms with Gasteiger partial charge in [-0.05, 0) is 23.6 Å². The molecule has 128 valence electrons. The second-order valence-corrected chi connectivity index (χ2v) is 6.30. The number of nitrogens with two attached hydrogens (primary N) is 1. The standard InChI is InChI=1S/C18H18N4O3/c1-2-10-3-4-12-11(6-16(23)25-15(12)5-10)7-22-8-13-14(9-22)20-18(19)21-17(13)24/h3-6H,2,7-9H2,1H3,(H3,19,20,21,24). The Morgan fingerprint density at radius 3 is 2.92 bits per heavy atom. The first-order valence-corrected chi connectivity index (χ1v) is 8.19. The topological polar surface area (TPSA) is 105 Å². The molecule has 7 nitrogen and oxygen atoms in total. The molecular formula is C18H18N4O3. The van der Waals surface area contributed by atoms with Crippen molar-refractivity contribution in [3.8, 4) is 0 Å². The summed E-state index contributed by atoms with van der Waals surface area (Å²) in [6.07, 6.45) is 0.876. The van der Waals surface area contributed by atoms with Gasteiger partial charge in [-0.25, -0.2) is 9.78 Å². The summed E-state index contributed by atoms with van der Waals surface area (Å²) in [6, 6.07) is 7.45. The van der Waals surface area contributed by atoms with Crippen molar-refractivity contribution < 1.29 is 4.42 Å². The molecular weight excluding hydrogens is 320 g/mol. The third-order valence-corrected chi connectivity index (χ3v) is 4.57. The Bertz CT molecular complexity index is 1080. The molecule has 3 N–H and O–H groups in total. The number of H-pyrrole nitrogens is 1. The highest BCUT2D eigenvalue weighted by Gasteiger charge is 2.24. The van der Waals surface area contributed by atoms with Crippen molar-refractivity contribution >= 4 is 16.9 Å². The molecule has 1 aromatic carbocycles. The van der Waals surface area contributed by atoms with E-state index >= 15 is 0 Å². The Balaban J connectivity index is 1.69. The normalized spacial score (nSPS) is 14.1. The summed E-state index contributed by atoms with van der Waals surface area (Å²) >= 11 is 0. The summed E-state index contributed by atoms with van der Waals surface area (Å²) in [4.78, 5) is 32.7. The van der Waals surface area contributed by atoms with Crippen molar-refractivity contribution in [1.82, 2.24) is 14.9 Å². The minimum absolute atomic E-state index is 0.128. The molecule has 7 heteroatoms. The number of nitrogens with one attached hydrogen (secondary N) is 1. The molecule has 0 fully saturated rings. The van der Waals surface area contributed by atoms with E-state index in [-0.39, 0.29) is 17.1 Å². The van der Waals surface area contributed by atoms with Crippen LogP contribution in [0.4, 0.5) is 5.95 Å². The first-order chi connectivity index (χ1) is 12.0. The molecule has 3 heterocycles. The SMILES string of the molecule is CCc1ccc2c(CN3Cc4nc(N)[nH]c(=O)c4C3)cc(=O)oc2c1. The van der Waals surface area contributed by atoms with Gasteiger partial charge in [0.1, 0.15) is 5.58 Å². The molecule has 0 bridgehead atoms. The Morgan fingerprint density at radius 1 is 1.28 bits per heavy atom. The monoisotopic (exact) mass is 338 g/mol. The maximum Gasteiger partial charge on any atom is 0.336 e. The Kier molecular flexibility index (Phi) is 3.65. The fraction of sp³-hybridized carbons (Fsp3) is 0.278. The van der Waals surface area contributed by atoms with Crippen LogP contribution < -0.4 is 16.9 Å². The zero-order valence-corrected chi connectivity index (χ0v) is 13.8.